The lowest BCUT2D eigenvalue weighted by molar-refractivity contribution is 0.522. The second-order valence-electron chi connectivity index (χ2n) is 4.57. The fourth-order valence-electron chi connectivity index (χ4n) is 2.55. The van der Waals surface area contributed by atoms with Crippen LogP contribution in [0.2, 0.25) is 0 Å². The van der Waals surface area contributed by atoms with Gasteiger partial charge in [0.05, 0.1) is 0 Å². The highest BCUT2D eigenvalue weighted by molar-refractivity contribution is 5.54. The smallest absolute Gasteiger partial charge is 0.129 e. The first-order valence-electron chi connectivity index (χ1n) is 6.01. The second-order valence-corrected chi connectivity index (χ2v) is 4.57. The minimum Gasteiger partial charge on any atom is -0.384 e. The van der Waals surface area contributed by atoms with Gasteiger partial charge in [-0.05, 0) is 30.2 Å². The van der Waals surface area contributed by atoms with Gasteiger partial charge in [-0.2, -0.15) is 0 Å². The van der Waals surface area contributed by atoms with Gasteiger partial charge < -0.3 is 5.32 Å². The molecule has 3 rings (SSSR count). The minimum atomic E-state index is -0.457. The van der Waals surface area contributed by atoms with Crippen molar-refractivity contribution in [2.24, 2.45) is 0 Å². The molecular formula is C15H13F2N. The molecule has 0 aromatic heterocycles. The van der Waals surface area contributed by atoms with E-state index in [1.54, 1.807) is 0 Å². The number of benzene rings is 2. The van der Waals surface area contributed by atoms with Crippen molar-refractivity contribution < 1.29 is 8.78 Å². The normalized spacial score (nSPS) is 18.0. The van der Waals surface area contributed by atoms with Gasteiger partial charge in [-0.1, -0.05) is 24.3 Å². The molecule has 92 valence electrons. The Labute approximate surface area is 104 Å². The zero-order chi connectivity index (χ0) is 12.5. The lowest BCUT2D eigenvalue weighted by atomic mass is 9.87. The number of para-hydroxylation sites is 1. The maximum Gasteiger partial charge on any atom is 0.129 e. The van der Waals surface area contributed by atoms with Gasteiger partial charge in [0.15, 0.2) is 0 Å². The minimum absolute atomic E-state index is 0.152. The third-order valence-electron chi connectivity index (χ3n) is 3.43. The summed E-state index contributed by atoms with van der Waals surface area (Å²) < 4.78 is 27.5. The van der Waals surface area contributed by atoms with Crippen LogP contribution in [0.5, 0.6) is 0 Å². The van der Waals surface area contributed by atoms with E-state index in [0.717, 1.165) is 11.3 Å². The van der Waals surface area contributed by atoms with E-state index in [9.17, 15) is 8.78 Å². The monoisotopic (exact) mass is 245 g/mol. The summed E-state index contributed by atoms with van der Waals surface area (Å²) in [4.78, 5) is 0. The van der Waals surface area contributed by atoms with Gasteiger partial charge >= 0.3 is 0 Å². The third-order valence-corrected chi connectivity index (χ3v) is 3.43. The van der Waals surface area contributed by atoms with E-state index in [0.29, 0.717) is 13.0 Å². The molecule has 1 aliphatic rings. The van der Waals surface area contributed by atoms with Gasteiger partial charge in [-0.25, -0.2) is 8.78 Å². The van der Waals surface area contributed by atoms with Crippen molar-refractivity contribution in [1.29, 1.82) is 0 Å². The Hall–Kier alpha value is -1.90. The number of anilines is 1. The van der Waals surface area contributed by atoms with Gasteiger partial charge in [0.2, 0.25) is 0 Å². The highest BCUT2D eigenvalue weighted by Gasteiger charge is 2.24. The highest BCUT2D eigenvalue weighted by atomic mass is 19.1. The van der Waals surface area contributed by atoms with Crippen molar-refractivity contribution in [1.82, 2.24) is 0 Å². The lowest BCUT2D eigenvalue weighted by Crippen LogP contribution is -2.23. The first-order valence-corrected chi connectivity index (χ1v) is 6.01. The van der Waals surface area contributed by atoms with Crippen LogP contribution in [0.3, 0.4) is 0 Å². The van der Waals surface area contributed by atoms with Gasteiger partial charge in [0, 0.05) is 23.7 Å². The predicted octanol–water partition coefficient (Wildman–Crippen LogP) is 3.72. The molecule has 18 heavy (non-hydrogen) atoms. The molecule has 0 amide bonds. The Balaban J connectivity index is 1.97. The number of hydrogen-bond acceptors (Lipinski definition) is 1. The van der Waals surface area contributed by atoms with E-state index in [1.807, 2.05) is 24.3 Å². The summed E-state index contributed by atoms with van der Waals surface area (Å²) in [5.74, 6) is -1.07. The summed E-state index contributed by atoms with van der Waals surface area (Å²) in [6.07, 6.45) is 0.668. The van der Waals surface area contributed by atoms with Crippen molar-refractivity contribution in [2.45, 2.75) is 12.3 Å². The van der Waals surface area contributed by atoms with Crippen LogP contribution in [0.15, 0.2) is 42.5 Å². The average Bonchev–Trinajstić information content (AvgIpc) is 2.38. The molecule has 1 aliphatic heterocycles. The van der Waals surface area contributed by atoms with Crippen LogP contribution >= 0.6 is 0 Å². The molecule has 3 heteroatoms. The van der Waals surface area contributed by atoms with Crippen molar-refractivity contribution in [2.75, 3.05) is 11.9 Å². The molecule has 0 fully saturated rings. The second kappa shape index (κ2) is 4.41. The number of halogens is 2. The summed E-state index contributed by atoms with van der Waals surface area (Å²) >= 11 is 0. The van der Waals surface area contributed by atoms with E-state index >= 15 is 0 Å². The first kappa shape index (κ1) is 11.2. The van der Waals surface area contributed by atoms with Crippen LogP contribution in [0.4, 0.5) is 14.5 Å². The zero-order valence-corrected chi connectivity index (χ0v) is 9.79. The van der Waals surface area contributed by atoms with Gasteiger partial charge in [-0.15, -0.1) is 0 Å². The molecule has 2 aromatic carbocycles. The Bertz CT molecular complexity index is 560. The SMILES string of the molecule is Fc1cccc(F)c1C1CNc2ccccc2C1. The molecule has 1 N–H and O–H groups in total. The number of hydrogen-bond donors (Lipinski definition) is 1. The zero-order valence-electron chi connectivity index (χ0n) is 9.79. The Kier molecular flexibility index (Phi) is 2.74. The van der Waals surface area contributed by atoms with Gasteiger partial charge in [0.1, 0.15) is 11.6 Å². The molecule has 1 atom stereocenters. The van der Waals surface area contributed by atoms with Crippen LogP contribution in [-0.2, 0) is 6.42 Å². The standard InChI is InChI=1S/C15H13F2N/c16-12-5-3-6-13(17)15(12)11-8-10-4-1-2-7-14(10)18-9-11/h1-7,11,18H,8-9H2. The Morgan fingerprint density at radius 1 is 0.944 bits per heavy atom. The van der Waals surface area contributed by atoms with Crippen molar-refractivity contribution >= 4 is 5.69 Å². The summed E-state index contributed by atoms with van der Waals surface area (Å²) in [6.45, 7) is 0.564. The lowest BCUT2D eigenvalue weighted by Gasteiger charge is -2.26. The van der Waals surface area contributed by atoms with Crippen LogP contribution in [0.1, 0.15) is 17.0 Å². The molecular weight excluding hydrogens is 232 g/mol. The van der Waals surface area contributed by atoms with Crippen molar-refractivity contribution in [3.05, 3.63) is 65.2 Å². The first-order chi connectivity index (χ1) is 8.75. The molecule has 0 saturated carbocycles. The maximum absolute atomic E-state index is 13.7. The van der Waals surface area contributed by atoms with Crippen LogP contribution in [0.25, 0.3) is 0 Å². The quantitative estimate of drug-likeness (QED) is 0.807. The molecule has 0 radical (unpaired) electrons. The highest BCUT2D eigenvalue weighted by Crippen LogP contribution is 2.32. The molecule has 1 heterocycles. The van der Waals surface area contributed by atoms with Gasteiger partial charge in [-0.3, -0.25) is 0 Å². The molecule has 1 unspecified atom stereocenters. The summed E-state index contributed by atoms with van der Waals surface area (Å²) in [5, 5.41) is 3.23. The fraction of sp³-hybridized carbons (Fsp3) is 0.200. The summed E-state index contributed by atoms with van der Waals surface area (Å²) in [7, 11) is 0. The van der Waals surface area contributed by atoms with Crippen molar-refractivity contribution in [3.8, 4) is 0 Å². The molecule has 0 spiro atoms. The molecule has 0 bridgehead atoms. The summed E-state index contributed by atoms with van der Waals surface area (Å²) in [5.41, 5.74) is 2.36. The van der Waals surface area contributed by atoms with Crippen LogP contribution in [0, 0.1) is 11.6 Å². The van der Waals surface area contributed by atoms with E-state index in [2.05, 4.69) is 5.32 Å². The molecule has 0 aliphatic carbocycles. The largest absolute Gasteiger partial charge is 0.384 e. The molecule has 1 nitrogen and oxygen atoms in total. The molecule has 2 aromatic rings. The van der Waals surface area contributed by atoms with E-state index in [1.165, 1.54) is 18.2 Å². The average molecular weight is 245 g/mol. The van der Waals surface area contributed by atoms with E-state index < -0.39 is 11.6 Å². The van der Waals surface area contributed by atoms with Gasteiger partial charge in [0.25, 0.3) is 0 Å². The number of rotatable bonds is 1. The summed E-state index contributed by atoms with van der Waals surface area (Å²) in [6, 6.07) is 11.9. The Morgan fingerprint density at radius 3 is 2.44 bits per heavy atom. The maximum atomic E-state index is 13.7. The predicted molar refractivity (Wildman–Crippen MR) is 67.7 cm³/mol. The number of nitrogens with one attached hydrogen (secondary N) is 1. The van der Waals surface area contributed by atoms with E-state index in [-0.39, 0.29) is 11.5 Å². The fourth-order valence-corrected chi connectivity index (χ4v) is 2.55. The topological polar surface area (TPSA) is 12.0 Å². The Morgan fingerprint density at radius 2 is 1.67 bits per heavy atom. The van der Waals surface area contributed by atoms with Crippen LogP contribution in [-0.4, -0.2) is 6.54 Å². The third kappa shape index (κ3) is 1.86. The molecule has 0 saturated heterocycles. The number of fused-ring (bicyclic) bond motifs is 1. The van der Waals surface area contributed by atoms with Crippen molar-refractivity contribution in [3.63, 3.8) is 0 Å². The van der Waals surface area contributed by atoms with E-state index in [4.69, 9.17) is 0 Å². The van der Waals surface area contributed by atoms with Crippen LogP contribution < -0.4 is 5.32 Å².